The van der Waals surface area contributed by atoms with Gasteiger partial charge in [-0.05, 0) is 99.5 Å². The van der Waals surface area contributed by atoms with E-state index < -0.39 is 11.2 Å². The Bertz CT molecular complexity index is 1180. The first kappa shape index (κ1) is 23.5. The Morgan fingerprint density at radius 2 is 1.73 bits per heavy atom. The van der Waals surface area contributed by atoms with E-state index in [1.165, 1.54) is 5.69 Å². The van der Waals surface area contributed by atoms with Gasteiger partial charge < -0.3 is 25.3 Å². The molecule has 8 rings (SSSR count). The topological polar surface area (TPSA) is 88.9 Å². The third-order valence-electron chi connectivity index (χ3n) is 9.92. The summed E-state index contributed by atoms with van der Waals surface area (Å²) in [6.07, 6.45) is 6.57. The zero-order valence-corrected chi connectivity index (χ0v) is 21.6. The van der Waals surface area contributed by atoms with Gasteiger partial charge in [0, 0.05) is 37.4 Å². The van der Waals surface area contributed by atoms with Crippen molar-refractivity contribution in [3.63, 3.8) is 0 Å². The van der Waals surface area contributed by atoms with Crippen LogP contribution in [0.5, 0.6) is 0 Å². The van der Waals surface area contributed by atoms with Crippen molar-refractivity contribution in [1.29, 1.82) is 0 Å². The lowest BCUT2D eigenvalue weighted by Crippen LogP contribution is -2.61. The highest BCUT2D eigenvalue weighted by Gasteiger charge is 2.55. The fourth-order valence-corrected chi connectivity index (χ4v) is 8.07. The quantitative estimate of drug-likeness (QED) is 0.581. The minimum absolute atomic E-state index is 0.0880. The number of benzene rings is 1. The van der Waals surface area contributed by atoms with Crippen LogP contribution in [0.2, 0.25) is 0 Å². The highest BCUT2D eigenvalue weighted by Crippen LogP contribution is 2.55. The lowest BCUT2D eigenvalue weighted by Gasteiger charge is -2.58. The number of carbonyl (C=O) groups is 1. The van der Waals surface area contributed by atoms with E-state index >= 15 is 0 Å². The Balaban J connectivity index is 1.01. The molecular formula is C30H38N4O3. The van der Waals surface area contributed by atoms with Gasteiger partial charge in [-0.15, -0.1) is 0 Å². The molecule has 5 saturated carbocycles. The van der Waals surface area contributed by atoms with Gasteiger partial charge in [-0.25, -0.2) is 4.98 Å². The van der Waals surface area contributed by atoms with Crippen LogP contribution in [0, 0.1) is 17.8 Å². The van der Waals surface area contributed by atoms with Crippen LogP contribution in [-0.4, -0.2) is 58.4 Å². The van der Waals surface area contributed by atoms with Gasteiger partial charge >= 0.3 is 0 Å². The second kappa shape index (κ2) is 8.43. The monoisotopic (exact) mass is 502 g/mol. The fraction of sp³-hybridized carbons (Fsp3) is 0.600. The lowest BCUT2D eigenvalue weighted by molar-refractivity contribution is -0.136. The molecule has 6 aliphatic rings. The minimum Gasteiger partial charge on any atom is -0.390 e. The molecule has 196 valence electrons. The van der Waals surface area contributed by atoms with E-state index in [0.717, 1.165) is 76.0 Å². The number of aliphatic hydroxyl groups is 2. The summed E-state index contributed by atoms with van der Waals surface area (Å²) in [6, 6.07) is 14.5. The maximum Gasteiger partial charge on any atom is 0.270 e. The molecule has 2 heterocycles. The molecule has 6 fully saturated rings. The van der Waals surface area contributed by atoms with Crippen LogP contribution in [0.3, 0.4) is 0 Å². The predicted molar refractivity (Wildman–Crippen MR) is 143 cm³/mol. The van der Waals surface area contributed by atoms with Gasteiger partial charge in [0.15, 0.2) is 0 Å². The maximum absolute atomic E-state index is 13.3. The lowest BCUT2D eigenvalue weighted by atomic mass is 9.52. The first-order valence-corrected chi connectivity index (χ1v) is 14.1. The van der Waals surface area contributed by atoms with E-state index in [4.69, 9.17) is 4.98 Å². The minimum atomic E-state index is -0.593. The third kappa shape index (κ3) is 4.20. The highest BCUT2D eigenvalue weighted by atomic mass is 16.3. The maximum atomic E-state index is 13.3. The molecular weight excluding hydrogens is 464 g/mol. The number of rotatable bonds is 5. The van der Waals surface area contributed by atoms with Crippen LogP contribution < -0.4 is 15.1 Å². The number of carbonyl (C=O) groups excluding carboxylic acids is 1. The molecule has 7 heteroatoms. The molecule has 0 spiro atoms. The number of amides is 1. The molecule has 5 aliphatic carbocycles. The molecule has 1 amide bonds. The molecule has 4 bridgehead atoms. The summed E-state index contributed by atoms with van der Waals surface area (Å²) in [7, 11) is 0. The SMILES string of the molecule is C[C@@H]1CN(c2ccc(C3(O)CC3)cc2)CCN1c1cccc(C(=O)N[C@H]2C3CC4CC2C[C@](O)(C4)C3)n1. The molecule has 1 aromatic heterocycles. The van der Waals surface area contributed by atoms with Crippen molar-refractivity contribution < 1.29 is 15.0 Å². The number of aromatic nitrogens is 1. The van der Waals surface area contributed by atoms with Gasteiger partial charge in [-0.1, -0.05) is 18.2 Å². The number of nitrogens with one attached hydrogen (secondary N) is 1. The number of pyridine rings is 1. The van der Waals surface area contributed by atoms with Crippen molar-refractivity contribution in [2.24, 2.45) is 17.8 Å². The van der Waals surface area contributed by atoms with Crippen molar-refractivity contribution >= 4 is 17.4 Å². The zero-order valence-electron chi connectivity index (χ0n) is 21.6. The smallest absolute Gasteiger partial charge is 0.270 e. The van der Waals surface area contributed by atoms with E-state index in [1.54, 1.807) is 0 Å². The standard InChI is InChI=1S/C30H38N4O3/c1-19-18-33(24-7-5-23(6-8-24)30(37)9-10-30)11-12-34(19)26-4-2-3-25(31-26)28(35)32-27-21-13-20-14-22(27)17-29(36,15-20)16-21/h2-8,19-22,27,36-37H,9-18H2,1H3,(H,32,35)/t19-,20?,21?,22?,27-,29-/m1/s1. The molecule has 7 nitrogen and oxygen atoms in total. The third-order valence-corrected chi connectivity index (χ3v) is 9.92. The zero-order chi connectivity index (χ0) is 25.4. The Kier molecular flexibility index (Phi) is 5.35. The Morgan fingerprint density at radius 3 is 2.38 bits per heavy atom. The van der Waals surface area contributed by atoms with Crippen LogP contribution in [0.4, 0.5) is 11.5 Å². The molecule has 2 aromatic rings. The molecule has 3 N–H and O–H groups in total. The summed E-state index contributed by atoms with van der Waals surface area (Å²) in [6.45, 7) is 4.79. The van der Waals surface area contributed by atoms with E-state index in [2.05, 4.69) is 46.3 Å². The first-order valence-electron chi connectivity index (χ1n) is 14.1. The van der Waals surface area contributed by atoms with E-state index in [9.17, 15) is 15.0 Å². The van der Waals surface area contributed by atoms with Gasteiger partial charge in [0.2, 0.25) is 0 Å². The van der Waals surface area contributed by atoms with Crippen molar-refractivity contribution in [2.45, 2.75) is 75.2 Å². The van der Waals surface area contributed by atoms with E-state index in [0.29, 0.717) is 23.4 Å². The second-order valence-corrected chi connectivity index (χ2v) is 12.6. The molecule has 1 aliphatic heterocycles. The van der Waals surface area contributed by atoms with Crippen LogP contribution in [0.25, 0.3) is 0 Å². The molecule has 0 radical (unpaired) electrons. The normalized spacial score (nSPS) is 35.5. The number of piperazine rings is 1. The Hall–Kier alpha value is -2.64. The van der Waals surface area contributed by atoms with Gasteiger partial charge in [0.1, 0.15) is 11.5 Å². The van der Waals surface area contributed by atoms with Crippen molar-refractivity contribution in [3.05, 3.63) is 53.7 Å². The molecule has 2 unspecified atom stereocenters. The average molecular weight is 503 g/mol. The van der Waals surface area contributed by atoms with Gasteiger partial charge in [0.05, 0.1) is 11.2 Å². The first-order chi connectivity index (χ1) is 17.8. The second-order valence-electron chi connectivity index (χ2n) is 12.6. The van der Waals surface area contributed by atoms with Gasteiger partial charge in [0.25, 0.3) is 5.91 Å². The molecule has 37 heavy (non-hydrogen) atoms. The summed E-state index contributed by atoms with van der Waals surface area (Å²) >= 11 is 0. The fourth-order valence-electron chi connectivity index (χ4n) is 8.07. The summed E-state index contributed by atoms with van der Waals surface area (Å²) < 4.78 is 0. The largest absolute Gasteiger partial charge is 0.390 e. The summed E-state index contributed by atoms with van der Waals surface area (Å²) in [5.74, 6) is 2.16. The van der Waals surface area contributed by atoms with Crippen LogP contribution >= 0.6 is 0 Å². The summed E-state index contributed by atoms with van der Waals surface area (Å²) in [5.41, 5.74) is 1.60. The van der Waals surface area contributed by atoms with E-state index in [1.807, 2.05) is 18.2 Å². The molecule has 3 atom stereocenters. The van der Waals surface area contributed by atoms with Crippen molar-refractivity contribution in [2.75, 3.05) is 29.4 Å². The molecule has 1 saturated heterocycles. The number of anilines is 2. The number of hydrogen-bond donors (Lipinski definition) is 3. The van der Waals surface area contributed by atoms with Gasteiger partial charge in [-0.3, -0.25) is 4.79 Å². The van der Waals surface area contributed by atoms with Crippen LogP contribution in [0.15, 0.2) is 42.5 Å². The van der Waals surface area contributed by atoms with Crippen LogP contribution in [0.1, 0.15) is 67.9 Å². The number of nitrogens with zero attached hydrogens (tertiary/aromatic N) is 3. The van der Waals surface area contributed by atoms with E-state index in [-0.39, 0.29) is 18.0 Å². The van der Waals surface area contributed by atoms with Crippen molar-refractivity contribution in [1.82, 2.24) is 10.3 Å². The van der Waals surface area contributed by atoms with Gasteiger partial charge in [-0.2, -0.15) is 0 Å². The number of hydrogen-bond acceptors (Lipinski definition) is 6. The predicted octanol–water partition coefficient (Wildman–Crippen LogP) is 3.45. The summed E-state index contributed by atoms with van der Waals surface area (Å²) in [4.78, 5) is 22.8. The Labute approximate surface area is 218 Å². The van der Waals surface area contributed by atoms with Crippen molar-refractivity contribution in [3.8, 4) is 0 Å². The highest BCUT2D eigenvalue weighted by molar-refractivity contribution is 5.93. The molecule has 1 aromatic carbocycles. The van der Waals surface area contributed by atoms with Crippen LogP contribution in [-0.2, 0) is 5.60 Å². The Morgan fingerprint density at radius 1 is 1.00 bits per heavy atom. The average Bonchev–Trinajstić information content (AvgIpc) is 3.63. The summed E-state index contributed by atoms with van der Waals surface area (Å²) in [5, 5.41) is 24.6.